The topological polar surface area (TPSA) is 0 Å². The van der Waals surface area contributed by atoms with Crippen molar-refractivity contribution in [1.29, 1.82) is 0 Å². The number of hydrogen-bond acceptors (Lipinski definition) is 0. The second-order valence-electron chi connectivity index (χ2n) is 5.24. The number of rotatable bonds is 4. The fourth-order valence-electron chi connectivity index (χ4n) is 2.83. The molecule has 16 heavy (non-hydrogen) atoms. The molecule has 3 radical (unpaired) electrons. The number of hydrogen-bond donors (Lipinski definition) is 0. The van der Waals surface area contributed by atoms with Gasteiger partial charge in [0.2, 0.25) is 0 Å². The standard InChI is InChI=1S/C14H21BP/c1-12-11-13(2)16(12,15)10-6-9-14-7-4-3-5-8-14/h3-5,7-8,12-13H,6,9-11H2,1-2H3/t12-,13-/m0/s1. The van der Waals surface area contributed by atoms with Crippen LogP contribution in [0.25, 0.3) is 0 Å². The van der Waals surface area contributed by atoms with E-state index in [-0.39, 0.29) is 0 Å². The summed E-state index contributed by atoms with van der Waals surface area (Å²) in [5, 5.41) is 0. The number of aryl methyl sites for hydroxylation is 1. The van der Waals surface area contributed by atoms with Gasteiger partial charge < -0.3 is 7.57 Å². The highest BCUT2D eigenvalue weighted by Gasteiger charge is 2.42. The molecule has 0 aromatic heterocycles. The molecule has 0 unspecified atom stereocenters. The van der Waals surface area contributed by atoms with Crippen LogP contribution in [0.15, 0.2) is 30.3 Å². The van der Waals surface area contributed by atoms with Crippen LogP contribution in [0.3, 0.4) is 0 Å². The quantitative estimate of drug-likeness (QED) is 0.544. The molecule has 1 aromatic carbocycles. The smallest absolute Gasteiger partial charge is 0.0233 e. The molecule has 1 fully saturated rings. The maximum atomic E-state index is 6.57. The van der Waals surface area contributed by atoms with Crippen LogP contribution in [0.1, 0.15) is 32.3 Å². The molecular weight excluding hydrogens is 210 g/mol. The Morgan fingerprint density at radius 3 is 2.38 bits per heavy atom. The molecule has 0 bridgehead atoms. The summed E-state index contributed by atoms with van der Waals surface area (Å²) >= 11 is 0. The maximum Gasteiger partial charge on any atom is 0.0233 e. The molecule has 1 aromatic rings. The minimum absolute atomic E-state index is 0.818. The summed E-state index contributed by atoms with van der Waals surface area (Å²) in [5.41, 5.74) is 3.09. The first-order valence-electron chi connectivity index (χ1n) is 6.33. The van der Waals surface area contributed by atoms with Gasteiger partial charge >= 0.3 is 0 Å². The Kier molecular flexibility index (Phi) is 3.75. The van der Waals surface area contributed by atoms with Crippen LogP contribution >= 0.6 is 7.14 Å². The largest absolute Gasteiger partial charge is 0.306 e. The van der Waals surface area contributed by atoms with E-state index in [0.717, 1.165) is 11.3 Å². The predicted octanol–water partition coefficient (Wildman–Crippen LogP) is 3.90. The van der Waals surface area contributed by atoms with E-state index in [9.17, 15) is 0 Å². The highest BCUT2D eigenvalue weighted by atomic mass is 31.2. The van der Waals surface area contributed by atoms with Crippen LogP contribution in [0, 0.1) is 0 Å². The minimum Gasteiger partial charge on any atom is -0.306 e. The van der Waals surface area contributed by atoms with Crippen LogP contribution in [-0.4, -0.2) is 25.0 Å². The SMILES string of the molecule is [B-][P+]1(CCCc2ccccc2)[C@@H](C)C[C@@H]1C. The first-order chi connectivity index (χ1) is 7.63. The van der Waals surface area contributed by atoms with E-state index in [2.05, 4.69) is 44.2 Å². The predicted molar refractivity (Wildman–Crippen MR) is 75.8 cm³/mol. The van der Waals surface area contributed by atoms with Gasteiger partial charge in [0.1, 0.15) is 0 Å². The van der Waals surface area contributed by atoms with E-state index in [1.807, 2.05) is 0 Å². The van der Waals surface area contributed by atoms with Crippen molar-refractivity contribution < 1.29 is 0 Å². The monoisotopic (exact) mass is 231 g/mol. The molecule has 2 atom stereocenters. The second-order valence-corrected chi connectivity index (χ2v) is 9.44. The average molecular weight is 231 g/mol. The number of benzene rings is 1. The molecular formula is C14H21BP. The van der Waals surface area contributed by atoms with Gasteiger partial charge in [-0.05, 0) is 32.3 Å². The van der Waals surface area contributed by atoms with Crippen molar-refractivity contribution in [2.75, 3.05) is 6.16 Å². The zero-order valence-electron chi connectivity index (χ0n) is 10.4. The zero-order valence-corrected chi connectivity index (χ0v) is 11.3. The van der Waals surface area contributed by atoms with Crippen LogP contribution in [0.5, 0.6) is 0 Å². The molecule has 0 nitrogen and oxygen atoms in total. The van der Waals surface area contributed by atoms with E-state index in [0.29, 0.717) is 0 Å². The first-order valence-corrected chi connectivity index (χ1v) is 8.51. The molecule has 0 aliphatic carbocycles. The normalized spacial score (nSPS) is 27.4. The average Bonchev–Trinajstić information content (AvgIpc) is 2.30. The Bertz CT molecular complexity index is 328. The third-order valence-corrected chi connectivity index (χ3v) is 8.97. The van der Waals surface area contributed by atoms with Crippen molar-refractivity contribution in [3.63, 3.8) is 0 Å². The van der Waals surface area contributed by atoms with Gasteiger partial charge in [0.15, 0.2) is 0 Å². The molecule has 85 valence electrons. The van der Waals surface area contributed by atoms with Gasteiger partial charge in [-0.15, -0.1) is 0 Å². The third-order valence-electron chi connectivity index (χ3n) is 4.18. The minimum atomic E-state index is -1.06. The molecule has 2 heteroatoms. The Morgan fingerprint density at radius 1 is 1.19 bits per heavy atom. The lowest BCUT2D eigenvalue weighted by Crippen LogP contribution is -2.36. The van der Waals surface area contributed by atoms with Crippen molar-refractivity contribution in [2.45, 2.75) is 44.4 Å². The Morgan fingerprint density at radius 2 is 1.81 bits per heavy atom. The van der Waals surface area contributed by atoms with Crippen molar-refractivity contribution in [3.05, 3.63) is 35.9 Å². The van der Waals surface area contributed by atoms with Crippen LogP contribution in [-0.2, 0) is 6.42 Å². The molecule has 1 aliphatic rings. The molecule has 0 amide bonds. The fraction of sp³-hybridized carbons (Fsp3) is 0.571. The fourth-order valence-corrected chi connectivity index (χ4v) is 6.31. The summed E-state index contributed by atoms with van der Waals surface area (Å²) in [5.74, 6) is 0. The van der Waals surface area contributed by atoms with Gasteiger partial charge in [-0.3, -0.25) is 0 Å². The summed E-state index contributed by atoms with van der Waals surface area (Å²) in [4.78, 5) is 0. The molecule has 1 aliphatic heterocycles. The lowest BCUT2D eigenvalue weighted by molar-refractivity contribution is 0.690. The van der Waals surface area contributed by atoms with Gasteiger partial charge in [-0.1, -0.05) is 30.3 Å². The highest BCUT2D eigenvalue weighted by molar-refractivity contribution is 7.99. The summed E-state index contributed by atoms with van der Waals surface area (Å²) in [6.07, 6.45) is 5.10. The Labute approximate surface area is 102 Å². The van der Waals surface area contributed by atoms with Crippen LogP contribution in [0.4, 0.5) is 0 Å². The van der Waals surface area contributed by atoms with Crippen molar-refractivity contribution in [1.82, 2.24) is 0 Å². The molecule has 0 N–H and O–H groups in total. The Hall–Kier alpha value is -0.285. The van der Waals surface area contributed by atoms with E-state index in [4.69, 9.17) is 7.57 Å². The van der Waals surface area contributed by atoms with Crippen molar-refractivity contribution in [3.8, 4) is 0 Å². The van der Waals surface area contributed by atoms with E-state index in [1.54, 1.807) is 0 Å². The Balaban J connectivity index is 1.80. The summed E-state index contributed by atoms with van der Waals surface area (Å²) in [6, 6.07) is 10.8. The van der Waals surface area contributed by atoms with Gasteiger partial charge in [0.25, 0.3) is 0 Å². The summed E-state index contributed by atoms with van der Waals surface area (Å²) < 4.78 is 0. The summed E-state index contributed by atoms with van der Waals surface area (Å²) in [6.45, 7) is 4.69. The molecule has 0 spiro atoms. The molecule has 1 saturated heterocycles. The van der Waals surface area contributed by atoms with E-state index < -0.39 is 7.14 Å². The van der Waals surface area contributed by atoms with E-state index >= 15 is 0 Å². The lowest BCUT2D eigenvalue weighted by Gasteiger charge is -2.57. The lowest BCUT2D eigenvalue weighted by atomic mass is 10.1. The molecule has 0 saturated carbocycles. The van der Waals surface area contributed by atoms with Gasteiger partial charge in [-0.2, -0.15) is 0 Å². The van der Waals surface area contributed by atoms with Crippen LogP contribution in [0.2, 0.25) is 0 Å². The van der Waals surface area contributed by atoms with Gasteiger partial charge in [-0.25, -0.2) is 7.14 Å². The second kappa shape index (κ2) is 4.92. The van der Waals surface area contributed by atoms with Gasteiger partial charge in [0.05, 0.1) is 0 Å². The molecule has 1 heterocycles. The van der Waals surface area contributed by atoms with Gasteiger partial charge in [0, 0.05) is 23.9 Å². The molecule has 2 rings (SSSR count). The maximum absolute atomic E-state index is 6.57. The van der Waals surface area contributed by atoms with Crippen molar-refractivity contribution in [2.24, 2.45) is 0 Å². The van der Waals surface area contributed by atoms with Crippen molar-refractivity contribution >= 4 is 14.7 Å². The zero-order chi connectivity index (χ0) is 11.6. The van der Waals surface area contributed by atoms with Crippen LogP contribution < -0.4 is 0 Å². The third kappa shape index (κ3) is 2.35. The first kappa shape index (κ1) is 12.2. The summed E-state index contributed by atoms with van der Waals surface area (Å²) in [7, 11) is 5.50. The van der Waals surface area contributed by atoms with E-state index in [1.165, 1.54) is 31.0 Å². The highest BCUT2D eigenvalue weighted by Crippen LogP contribution is 2.73.